The lowest BCUT2D eigenvalue weighted by atomic mass is 9.49. The number of aryl methyl sites for hydroxylation is 1. The smallest absolute Gasteiger partial charge is 0.317 e. The molecule has 1 aliphatic heterocycles. The molecule has 2 aromatic rings. The zero-order valence-corrected chi connectivity index (χ0v) is 22.1. The minimum atomic E-state index is -0.331. The summed E-state index contributed by atoms with van der Waals surface area (Å²) in [6.07, 6.45) is 8.52. The van der Waals surface area contributed by atoms with Crippen molar-refractivity contribution < 1.29 is 19.1 Å². The van der Waals surface area contributed by atoms with Crippen molar-refractivity contribution in [2.45, 2.75) is 45.4 Å². The topological polar surface area (TPSA) is 55.8 Å². The molecule has 0 radical (unpaired) electrons. The third-order valence-electron chi connectivity index (χ3n) is 8.31. The van der Waals surface area contributed by atoms with Gasteiger partial charge < -0.3 is 9.47 Å². The highest BCUT2D eigenvalue weighted by Crippen LogP contribution is 2.60. The quantitative estimate of drug-likeness (QED) is 0.194. The predicted octanol–water partition coefficient (Wildman–Crippen LogP) is 6.53. The summed E-state index contributed by atoms with van der Waals surface area (Å²) in [5, 5.41) is 0. The van der Waals surface area contributed by atoms with Gasteiger partial charge in [-0.15, -0.1) is 0 Å². The Balaban J connectivity index is 1.22. The minimum Gasteiger partial charge on any atom is -0.493 e. The summed E-state index contributed by atoms with van der Waals surface area (Å²) in [6.45, 7) is 1.96. The average Bonchev–Trinajstić information content (AvgIpc) is 3.12. The molecule has 5 nitrogen and oxygen atoms in total. The maximum absolute atomic E-state index is 13.4. The maximum Gasteiger partial charge on any atom is 0.317 e. The molecular weight excluding hydrogens is 490 g/mol. The zero-order chi connectivity index (χ0) is 25.0. The molecule has 0 atom stereocenters. The molecule has 4 bridgehead atoms. The summed E-state index contributed by atoms with van der Waals surface area (Å²) in [5.41, 5.74) is 2.24. The Morgan fingerprint density at radius 2 is 1.72 bits per heavy atom. The molecule has 0 aromatic heterocycles. The summed E-state index contributed by atoms with van der Waals surface area (Å²) in [5.74, 6) is 2.69. The van der Waals surface area contributed by atoms with Crippen LogP contribution in [0.15, 0.2) is 47.4 Å². The molecule has 1 amide bonds. The number of carbonyl (C=O) groups is 2. The molecule has 5 aliphatic rings. The van der Waals surface area contributed by atoms with Crippen LogP contribution in [-0.2, 0) is 9.59 Å². The Labute approximate surface area is 221 Å². The van der Waals surface area contributed by atoms with Gasteiger partial charge in [-0.2, -0.15) is 0 Å². The van der Waals surface area contributed by atoms with Gasteiger partial charge in [-0.3, -0.25) is 14.5 Å². The van der Waals surface area contributed by atoms with E-state index in [2.05, 4.69) is 0 Å². The first-order valence-corrected chi connectivity index (χ1v) is 13.8. The number of benzene rings is 2. The van der Waals surface area contributed by atoms with Gasteiger partial charge in [0.1, 0.15) is 0 Å². The van der Waals surface area contributed by atoms with E-state index in [1.165, 1.54) is 31.0 Å². The molecule has 4 saturated carbocycles. The lowest BCUT2D eigenvalue weighted by molar-refractivity contribution is -0.161. The highest BCUT2D eigenvalue weighted by atomic mass is 32.2. The number of esters is 1. The molecule has 5 fully saturated rings. The number of methoxy groups -OCH3 is 1. The van der Waals surface area contributed by atoms with Gasteiger partial charge in [-0.1, -0.05) is 48.2 Å². The van der Waals surface area contributed by atoms with Crippen molar-refractivity contribution in [1.82, 2.24) is 0 Å². The lowest BCUT2D eigenvalue weighted by Crippen LogP contribution is -2.51. The van der Waals surface area contributed by atoms with E-state index in [9.17, 15) is 9.59 Å². The highest BCUT2D eigenvalue weighted by molar-refractivity contribution is 8.27. The fraction of sp³-hybridized carbons (Fsp3) is 0.414. The van der Waals surface area contributed by atoms with Gasteiger partial charge >= 0.3 is 5.97 Å². The van der Waals surface area contributed by atoms with Gasteiger partial charge in [0, 0.05) is 0 Å². The second-order valence-electron chi connectivity index (χ2n) is 10.8. The lowest BCUT2D eigenvalue weighted by Gasteiger charge is -2.55. The number of nitrogens with zero attached hydrogens (tertiary/aromatic N) is 1. The van der Waals surface area contributed by atoms with Crippen molar-refractivity contribution in [2.75, 3.05) is 12.0 Å². The number of rotatable bonds is 5. The van der Waals surface area contributed by atoms with E-state index in [0.717, 1.165) is 36.1 Å². The first-order valence-electron chi connectivity index (χ1n) is 12.6. The standard InChI is InChI=1S/C29H29NO4S2/c1-17-5-3-4-6-22(17)30-26(31)25(36-28(30)35)13-18-7-8-23(24(12-18)33-2)34-27(32)29-14-19-9-20(15-29)11-21(10-19)16-29/h3-8,12-13,19-21H,9-11,14-16H2,1-2H3/b25-13-. The van der Waals surface area contributed by atoms with Gasteiger partial charge in [-0.25, -0.2) is 0 Å². The van der Waals surface area contributed by atoms with Crippen LogP contribution in [0.25, 0.3) is 6.08 Å². The SMILES string of the molecule is COc1cc(/C=C2\SC(=S)N(c3ccccc3C)C2=O)ccc1OC(=O)C12CC3CC(CC(C3)C1)C2. The number of para-hydroxylation sites is 1. The molecule has 0 unspecified atom stereocenters. The zero-order valence-electron chi connectivity index (χ0n) is 20.5. The van der Waals surface area contributed by atoms with Gasteiger partial charge in [0.25, 0.3) is 5.91 Å². The molecule has 4 aliphatic carbocycles. The van der Waals surface area contributed by atoms with Crippen molar-refractivity contribution in [2.24, 2.45) is 23.2 Å². The largest absolute Gasteiger partial charge is 0.493 e. The van der Waals surface area contributed by atoms with Gasteiger partial charge in [0.2, 0.25) is 0 Å². The van der Waals surface area contributed by atoms with E-state index in [1.807, 2.05) is 49.4 Å². The predicted molar refractivity (Wildman–Crippen MR) is 146 cm³/mol. The highest BCUT2D eigenvalue weighted by Gasteiger charge is 2.55. The molecule has 36 heavy (non-hydrogen) atoms. The average molecular weight is 520 g/mol. The number of thioether (sulfide) groups is 1. The Bertz CT molecular complexity index is 1260. The van der Waals surface area contributed by atoms with Crippen LogP contribution < -0.4 is 14.4 Å². The summed E-state index contributed by atoms with van der Waals surface area (Å²) in [7, 11) is 1.57. The van der Waals surface area contributed by atoms with E-state index < -0.39 is 0 Å². The van der Waals surface area contributed by atoms with Crippen LogP contribution in [0, 0.1) is 30.1 Å². The molecule has 7 heteroatoms. The van der Waals surface area contributed by atoms with Crippen molar-refractivity contribution in [1.29, 1.82) is 0 Å². The maximum atomic E-state index is 13.4. The Hall–Kier alpha value is -2.64. The normalized spacial score (nSPS) is 29.8. The van der Waals surface area contributed by atoms with Crippen molar-refractivity contribution in [3.8, 4) is 11.5 Å². The third-order valence-corrected chi connectivity index (χ3v) is 9.61. The number of anilines is 1. The molecular formula is C29H29NO4S2. The first kappa shape index (κ1) is 23.7. The van der Waals surface area contributed by atoms with Crippen molar-refractivity contribution in [3.05, 3.63) is 58.5 Å². The monoisotopic (exact) mass is 519 g/mol. The van der Waals surface area contributed by atoms with E-state index in [1.54, 1.807) is 18.1 Å². The molecule has 2 aromatic carbocycles. The third kappa shape index (κ3) is 4.06. The molecule has 186 valence electrons. The molecule has 0 N–H and O–H groups in total. The summed E-state index contributed by atoms with van der Waals surface area (Å²) in [4.78, 5) is 28.7. The Kier molecular flexibility index (Phi) is 5.96. The van der Waals surface area contributed by atoms with Crippen molar-refractivity contribution >= 4 is 51.9 Å². The number of amides is 1. The molecule has 1 saturated heterocycles. The van der Waals surface area contributed by atoms with E-state index in [4.69, 9.17) is 21.7 Å². The van der Waals surface area contributed by atoms with Crippen LogP contribution in [-0.4, -0.2) is 23.3 Å². The fourth-order valence-corrected chi connectivity index (χ4v) is 8.35. The molecule has 7 rings (SSSR count). The number of thiocarbonyl (C=S) groups is 1. The second-order valence-corrected chi connectivity index (χ2v) is 12.5. The number of ether oxygens (including phenoxy) is 2. The first-order chi connectivity index (χ1) is 17.3. The van der Waals surface area contributed by atoms with E-state index >= 15 is 0 Å². The fourth-order valence-electron chi connectivity index (χ4n) is 7.07. The van der Waals surface area contributed by atoms with Crippen LogP contribution in [0.4, 0.5) is 5.69 Å². The van der Waals surface area contributed by atoms with Gasteiger partial charge in [0.05, 0.1) is 23.1 Å². The second kappa shape index (κ2) is 9.03. The molecule has 0 spiro atoms. The summed E-state index contributed by atoms with van der Waals surface area (Å²) in [6, 6.07) is 13.1. The summed E-state index contributed by atoms with van der Waals surface area (Å²) >= 11 is 6.81. The Morgan fingerprint density at radius 3 is 2.36 bits per heavy atom. The van der Waals surface area contributed by atoms with E-state index in [-0.39, 0.29) is 17.3 Å². The van der Waals surface area contributed by atoms with Crippen LogP contribution in [0.1, 0.15) is 49.7 Å². The summed E-state index contributed by atoms with van der Waals surface area (Å²) < 4.78 is 12.1. The van der Waals surface area contributed by atoms with Crippen LogP contribution >= 0.6 is 24.0 Å². The van der Waals surface area contributed by atoms with Gasteiger partial charge in [-0.05, 0) is 98.6 Å². The Morgan fingerprint density at radius 1 is 1.06 bits per heavy atom. The number of hydrogen-bond donors (Lipinski definition) is 0. The number of hydrogen-bond acceptors (Lipinski definition) is 6. The number of carbonyl (C=O) groups excluding carboxylic acids is 2. The van der Waals surface area contributed by atoms with Crippen LogP contribution in [0.3, 0.4) is 0 Å². The van der Waals surface area contributed by atoms with Gasteiger partial charge in [0.15, 0.2) is 15.8 Å². The minimum absolute atomic E-state index is 0.105. The van der Waals surface area contributed by atoms with Crippen LogP contribution in [0.2, 0.25) is 0 Å². The van der Waals surface area contributed by atoms with Crippen LogP contribution in [0.5, 0.6) is 11.5 Å². The van der Waals surface area contributed by atoms with Crippen molar-refractivity contribution in [3.63, 3.8) is 0 Å². The van der Waals surface area contributed by atoms with E-state index in [0.29, 0.717) is 38.5 Å². The molecule has 1 heterocycles.